The largest absolute Gasteiger partial charge is 0.322 e. The zero-order valence-corrected chi connectivity index (χ0v) is 11.3. The fourth-order valence-electron chi connectivity index (χ4n) is 2.11. The molecule has 1 amide bonds. The highest BCUT2D eigenvalue weighted by molar-refractivity contribution is 6.06. The van der Waals surface area contributed by atoms with Gasteiger partial charge in [-0.25, -0.2) is 0 Å². The van der Waals surface area contributed by atoms with Crippen molar-refractivity contribution >= 4 is 22.5 Å². The topological polar surface area (TPSA) is 59.8 Å². The number of carbonyl (C=O) groups is 1. The fourth-order valence-corrected chi connectivity index (χ4v) is 2.11. The number of hydrogen-bond donors (Lipinski definition) is 1. The number of benzene rings is 1. The van der Waals surface area contributed by atoms with E-state index in [0.29, 0.717) is 5.56 Å². The smallest absolute Gasteiger partial charge is 0.255 e. The van der Waals surface area contributed by atoms with Gasteiger partial charge in [-0.3, -0.25) is 14.5 Å². The Kier molecular flexibility index (Phi) is 2.95. The summed E-state index contributed by atoms with van der Waals surface area (Å²) in [5.74, 6) is -0.140. The number of carbonyl (C=O) groups excluding carboxylic acids is 1. The van der Waals surface area contributed by atoms with Crippen molar-refractivity contribution < 1.29 is 4.79 Å². The SMILES string of the molecule is Cc1cc(NC(=O)c2ccc3cnn(C)c3c2)ccn1. The van der Waals surface area contributed by atoms with Crippen LogP contribution < -0.4 is 5.32 Å². The second-order valence-electron chi connectivity index (χ2n) is 4.68. The highest BCUT2D eigenvalue weighted by Gasteiger charge is 2.09. The summed E-state index contributed by atoms with van der Waals surface area (Å²) in [6.07, 6.45) is 3.46. The number of nitrogens with one attached hydrogen (secondary N) is 1. The van der Waals surface area contributed by atoms with Crippen LogP contribution in [-0.4, -0.2) is 20.7 Å². The number of amides is 1. The molecule has 3 aromatic rings. The van der Waals surface area contributed by atoms with Gasteiger partial charge in [0.15, 0.2) is 0 Å². The number of nitrogens with zero attached hydrogens (tertiary/aromatic N) is 3. The summed E-state index contributed by atoms with van der Waals surface area (Å²) in [5, 5.41) is 8.05. The Hall–Kier alpha value is -2.69. The van der Waals surface area contributed by atoms with Gasteiger partial charge < -0.3 is 5.32 Å². The number of anilines is 1. The summed E-state index contributed by atoms with van der Waals surface area (Å²) in [4.78, 5) is 16.3. The van der Waals surface area contributed by atoms with Crippen molar-refractivity contribution in [1.82, 2.24) is 14.8 Å². The number of rotatable bonds is 2. The third-order valence-electron chi connectivity index (χ3n) is 3.17. The number of aryl methyl sites for hydroxylation is 2. The van der Waals surface area contributed by atoms with Crippen molar-refractivity contribution in [3.8, 4) is 0 Å². The Bertz CT molecular complexity index is 791. The molecule has 5 heteroatoms. The van der Waals surface area contributed by atoms with E-state index in [1.807, 2.05) is 32.2 Å². The Morgan fingerprint density at radius 1 is 1.25 bits per heavy atom. The molecular weight excluding hydrogens is 252 g/mol. The molecular formula is C15H14N4O. The van der Waals surface area contributed by atoms with E-state index in [-0.39, 0.29) is 5.91 Å². The van der Waals surface area contributed by atoms with Crippen LogP contribution in [-0.2, 0) is 7.05 Å². The minimum absolute atomic E-state index is 0.140. The molecule has 0 atom stereocenters. The molecule has 2 heterocycles. The maximum absolute atomic E-state index is 12.2. The highest BCUT2D eigenvalue weighted by atomic mass is 16.1. The van der Waals surface area contributed by atoms with Crippen molar-refractivity contribution in [3.63, 3.8) is 0 Å². The molecule has 1 N–H and O–H groups in total. The Balaban J connectivity index is 1.90. The van der Waals surface area contributed by atoms with Crippen molar-refractivity contribution in [1.29, 1.82) is 0 Å². The van der Waals surface area contributed by atoms with Gasteiger partial charge in [-0.15, -0.1) is 0 Å². The van der Waals surface area contributed by atoms with Gasteiger partial charge in [0, 0.05) is 35.6 Å². The van der Waals surface area contributed by atoms with E-state index < -0.39 is 0 Å². The number of hydrogen-bond acceptors (Lipinski definition) is 3. The van der Waals surface area contributed by atoms with Crippen LogP contribution in [0, 0.1) is 6.92 Å². The van der Waals surface area contributed by atoms with Gasteiger partial charge in [0.05, 0.1) is 11.7 Å². The van der Waals surface area contributed by atoms with E-state index in [9.17, 15) is 4.79 Å². The van der Waals surface area contributed by atoms with Crippen LogP contribution in [0.1, 0.15) is 16.1 Å². The van der Waals surface area contributed by atoms with E-state index in [0.717, 1.165) is 22.3 Å². The van der Waals surface area contributed by atoms with E-state index in [1.54, 1.807) is 29.2 Å². The van der Waals surface area contributed by atoms with Crippen LogP contribution in [0.5, 0.6) is 0 Å². The first-order valence-electron chi connectivity index (χ1n) is 6.29. The van der Waals surface area contributed by atoms with E-state index in [1.165, 1.54) is 0 Å². The van der Waals surface area contributed by atoms with Crippen LogP contribution in [0.25, 0.3) is 10.9 Å². The molecule has 0 fully saturated rings. The third-order valence-corrected chi connectivity index (χ3v) is 3.17. The predicted molar refractivity (Wildman–Crippen MR) is 77.6 cm³/mol. The molecule has 0 unspecified atom stereocenters. The zero-order valence-electron chi connectivity index (χ0n) is 11.3. The quantitative estimate of drug-likeness (QED) is 0.775. The summed E-state index contributed by atoms with van der Waals surface area (Å²) < 4.78 is 1.75. The van der Waals surface area contributed by atoms with Crippen molar-refractivity contribution in [2.75, 3.05) is 5.32 Å². The Morgan fingerprint density at radius 2 is 2.10 bits per heavy atom. The van der Waals surface area contributed by atoms with Gasteiger partial charge >= 0.3 is 0 Å². The average molecular weight is 266 g/mol. The molecule has 100 valence electrons. The molecule has 0 bridgehead atoms. The molecule has 0 saturated heterocycles. The average Bonchev–Trinajstić information content (AvgIpc) is 2.80. The van der Waals surface area contributed by atoms with Crippen LogP contribution >= 0.6 is 0 Å². The number of pyridine rings is 1. The van der Waals surface area contributed by atoms with Crippen LogP contribution in [0.3, 0.4) is 0 Å². The normalized spacial score (nSPS) is 10.7. The summed E-state index contributed by atoms with van der Waals surface area (Å²) in [7, 11) is 1.86. The molecule has 0 spiro atoms. The summed E-state index contributed by atoms with van der Waals surface area (Å²) in [6.45, 7) is 1.89. The lowest BCUT2D eigenvalue weighted by molar-refractivity contribution is 0.102. The van der Waals surface area contributed by atoms with Crippen LogP contribution in [0.15, 0.2) is 42.7 Å². The molecule has 0 radical (unpaired) electrons. The molecule has 0 aliphatic heterocycles. The minimum Gasteiger partial charge on any atom is -0.322 e. The third kappa shape index (κ3) is 2.25. The van der Waals surface area contributed by atoms with Crippen LogP contribution in [0.4, 0.5) is 5.69 Å². The molecule has 1 aromatic carbocycles. The van der Waals surface area contributed by atoms with Gasteiger partial charge in [-0.05, 0) is 31.2 Å². The molecule has 0 saturated carbocycles. The lowest BCUT2D eigenvalue weighted by Crippen LogP contribution is -2.12. The maximum atomic E-state index is 12.2. The first-order valence-corrected chi connectivity index (χ1v) is 6.29. The lowest BCUT2D eigenvalue weighted by Gasteiger charge is -2.06. The Morgan fingerprint density at radius 3 is 2.90 bits per heavy atom. The number of fused-ring (bicyclic) bond motifs is 1. The van der Waals surface area contributed by atoms with Gasteiger partial charge in [0.1, 0.15) is 0 Å². The zero-order chi connectivity index (χ0) is 14.1. The van der Waals surface area contributed by atoms with Crippen molar-refractivity contribution in [3.05, 3.63) is 54.0 Å². The Labute approximate surface area is 116 Å². The van der Waals surface area contributed by atoms with Crippen molar-refractivity contribution in [2.24, 2.45) is 7.05 Å². The van der Waals surface area contributed by atoms with Gasteiger partial charge in [-0.1, -0.05) is 6.07 Å². The fraction of sp³-hybridized carbons (Fsp3) is 0.133. The van der Waals surface area contributed by atoms with Gasteiger partial charge in [-0.2, -0.15) is 5.10 Å². The first kappa shape index (κ1) is 12.3. The van der Waals surface area contributed by atoms with Gasteiger partial charge in [0.2, 0.25) is 0 Å². The number of aromatic nitrogens is 3. The molecule has 0 aliphatic rings. The lowest BCUT2D eigenvalue weighted by atomic mass is 10.1. The molecule has 5 nitrogen and oxygen atoms in total. The molecule has 2 aromatic heterocycles. The predicted octanol–water partition coefficient (Wildman–Crippen LogP) is 2.53. The summed E-state index contributed by atoms with van der Waals surface area (Å²) in [5.41, 5.74) is 3.15. The van der Waals surface area contributed by atoms with Gasteiger partial charge in [0.25, 0.3) is 5.91 Å². The van der Waals surface area contributed by atoms with E-state index >= 15 is 0 Å². The molecule has 0 aliphatic carbocycles. The second-order valence-corrected chi connectivity index (χ2v) is 4.68. The second kappa shape index (κ2) is 4.77. The molecule has 3 rings (SSSR count). The first-order chi connectivity index (χ1) is 9.63. The van der Waals surface area contributed by atoms with E-state index in [4.69, 9.17) is 0 Å². The highest BCUT2D eigenvalue weighted by Crippen LogP contribution is 2.16. The summed E-state index contributed by atoms with van der Waals surface area (Å²) >= 11 is 0. The van der Waals surface area contributed by atoms with E-state index in [2.05, 4.69) is 15.4 Å². The minimum atomic E-state index is -0.140. The van der Waals surface area contributed by atoms with Crippen LogP contribution in [0.2, 0.25) is 0 Å². The summed E-state index contributed by atoms with van der Waals surface area (Å²) in [6, 6.07) is 9.14. The van der Waals surface area contributed by atoms with Crippen molar-refractivity contribution in [2.45, 2.75) is 6.92 Å². The standard InChI is InChI=1S/C15H14N4O/c1-10-7-13(5-6-16-10)18-15(20)11-3-4-12-9-17-19(2)14(12)8-11/h3-9H,1-2H3,(H,16,18,20). The monoisotopic (exact) mass is 266 g/mol. The maximum Gasteiger partial charge on any atom is 0.255 e. The molecule has 20 heavy (non-hydrogen) atoms.